The first-order valence-electron chi connectivity index (χ1n) is 7.12. The van der Waals surface area contributed by atoms with Crippen LogP contribution in [0.4, 0.5) is 5.69 Å². The van der Waals surface area contributed by atoms with Crippen LogP contribution in [-0.2, 0) is 0 Å². The second kappa shape index (κ2) is 5.60. The van der Waals surface area contributed by atoms with Gasteiger partial charge in [0.05, 0.1) is 0 Å². The average Bonchev–Trinajstić information content (AvgIpc) is 2.36. The summed E-state index contributed by atoms with van der Waals surface area (Å²) in [4.78, 5) is 0. The summed E-state index contributed by atoms with van der Waals surface area (Å²) < 4.78 is 0. The zero-order chi connectivity index (χ0) is 13.0. The number of aryl methyl sites for hydroxylation is 2. The molecule has 0 spiro atoms. The Labute approximate surface area is 111 Å². The zero-order valence-electron chi connectivity index (χ0n) is 11.8. The minimum atomic E-state index is 0.247. The van der Waals surface area contributed by atoms with Crippen molar-refractivity contribution in [3.8, 4) is 0 Å². The molecule has 2 rings (SSSR count). The standard InChI is InChI=1S/C17H25N/c1-4-11-17(12-6-5-7-13-17)18-16-14(2)9-8-10-15(16)3/h4,8-10,18H,1,5-7,11-13H2,2-3H3. The molecule has 0 atom stereocenters. The van der Waals surface area contributed by atoms with Gasteiger partial charge in [-0.25, -0.2) is 0 Å². The fraction of sp³-hybridized carbons (Fsp3) is 0.529. The Morgan fingerprint density at radius 3 is 2.33 bits per heavy atom. The van der Waals surface area contributed by atoms with E-state index in [2.05, 4.69) is 50.0 Å². The minimum absolute atomic E-state index is 0.247. The molecule has 1 saturated carbocycles. The third-order valence-corrected chi connectivity index (χ3v) is 4.22. The summed E-state index contributed by atoms with van der Waals surface area (Å²) in [7, 11) is 0. The van der Waals surface area contributed by atoms with Gasteiger partial charge in [-0.15, -0.1) is 6.58 Å². The van der Waals surface area contributed by atoms with Crippen molar-refractivity contribution in [3.05, 3.63) is 42.0 Å². The molecular weight excluding hydrogens is 218 g/mol. The lowest BCUT2D eigenvalue weighted by molar-refractivity contribution is 0.325. The Morgan fingerprint density at radius 1 is 1.17 bits per heavy atom. The second-order valence-electron chi connectivity index (χ2n) is 5.73. The van der Waals surface area contributed by atoms with Gasteiger partial charge in [0.2, 0.25) is 0 Å². The Balaban J connectivity index is 2.25. The van der Waals surface area contributed by atoms with Gasteiger partial charge in [0, 0.05) is 11.2 Å². The first-order valence-corrected chi connectivity index (χ1v) is 7.12. The minimum Gasteiger partial charge on any atom is -0.379 e. The summed E-state index contributed by atoms with van der Waals surface area (Å²) >= 11 is 0. The molecule has 98 valence electrons. The number of hydrogen-bond acceptors (Lipinski definition) is 1. The SMILES string of the molecule is C=CCC1(Nc2c(C)cccc2C)CCCCC1. The van der Waals surface area contributed by atoms with Crippen LogP contribution in [0.15, 0.2) is 30.9 Å². The van der Waals surface area contributed by atoms with Crippen LogP contribution in [-0.4, -0.2) is 5.54 Å². The summed E-state index contributed by atoms with van der Waals surface area (Å²) in [5, 5.41) is 3.86. The number of anilines is 1. The lowest BCUT2D eigenvalue weighted by Crippen LogP contribution is -2.40. The van der Waals surface area contributed by atoms with Gasteiger partial charge in [-0.1, -0.05) is 43.5 Å². The Bertz CT molecular complexity index is 393. The van der Waals surface area contributed by atoms with Crippen LogP contribution in [0, 0.1) is 13.8 Å². The van der Waals surface area contributed by atoms with Gasteiger partial charge in [-0.2, -0.15) is 0 Å². The van der Waals surface area contributed by atoms with E-state index in [1.54, 1.807) is 0 Å². The number of hydrogen-bond donors (Lipinski definition) is 1. The Morgan fingerprint density at radius 2 is 1.78 bits per heavy atom. The molecule has 1 aliphatic rings. The van der Waals surface area contributed by atoms with Gasteiger partial charge < -0.3 is 5.32 Å². The molecule has 18 heavy (non-hydrogen) atoms. The molecule has 1 heteroatoms. The van der Waals surface area contributed by atoms with Gasteiger partial charge in [0.1, 0.15) is 0 Å². The van der Waals surface area contributed by atoms with Crippen molar-refractivity contribution in [2.75, 3.05) is 5.32 Å². The van der Waals surface area contributed by atoms with Crippen molar-refractivity contribution in [3.63, 3.8) is 0 Å². The van der Waals surface area contributed by atoms with Crippen LogP contribution < -0.4 is 5.32 Å². The van der Waals surface area contributed by atoms with E-state index in [4.69, 9.17) is 0 Å². The maximum atomic E-state index is 3.95. The highest BCUT2D eigenvalue weighted by Gasteiger charge is 2.31. The molecule has 0 saturated heterocycles. The van der Waals surface area contributed by atoms with Crippen molar-refractivity contribution < 1.29 is 0 Å². The van der Waals surface area contributed by atoms with E-state index >= 15 is 0 Å². The topological polar surface area (TPSA) is 12.0 Å². The molecule has 0 radical (unpaired) electrons. The molecule has 1 aromatic carbocycles. The molecule has 1 N–H and O–H groups in total. The van der Waals surface area contributed by atoms with Crippen LogP contribution in [0.25, 0.3) is 0 Å². The van der Waals surface area contributed by atoms with Crippen molar-refractivity contribution >= 4 is 5.69 Å². The van der Waals surface area contributed by atoms with Crippen molar-refractivity contribution in [1.29, 1.82) is 0 Å². The lowest BCUT2D eigenvalue weighted by atomic mass is 9.79. The summed E-state index contributed by atoms with van der Waals surface area (Å²) in [5.41, 5.74) is 4.28. The molecule has 0 heterocycles. The summed E-state index contributed by atoms with van der Waals surface area (Å²) in [6, 6.07) is 6.52. The molecule has 0 aliphatic heterocycles. The Kier molecular flexibility index (Phi) is 4.11. The Hall–Kier alpha value is -1.24. The van der Waals surface area contributed by atoms with E-state index in [1.165, 1.54) is 48.9 Å². The first kappa shape index (κ1) is 13.2. The van der Waals surface area contributed by atoms with Crippen LogP contribution in [0.1, 0.15) is 49.7 Å². The zero-order valence-corrected chi connectivity index (χ0v) is 11.8. The van der Waals surface area contributed by atoms with Crippen molar-refractivity contribution in [2.24, 2.45) is 0 Å². The van der Waals surface area contributed by atoms with E-state index in [-0.39, 0.29) is 5.54 Å². The molecule has 0 bridgehead atoms. The highest BCUT2D eigenvalue weighted by atomic mass is 15.0. The van der Waals surface area contributed by atoms with Crippen LogP contribution in [0.3, 0.4) is 0 Å². The normalized spacial score (nSPS) is 18.3. The number of para-hydroxylation sites is 1. The maximum absolute atomic E-state index is 3.95. The van der Waals surface area contributed by atoms with E-state index < -0.39 is 0 Å². The first-order chi connectivity index (χ1) is 8.67. The van der Waals surface area contributed by atoms with E-state index in [1.807, 2.05) is 0 Å². The summed E-state index contributed by atoms with van der Waals surface area (Å²) in [6.07, 6.45) is 9.75. The highest BCUT2D eigenvalue weighted by molar-refractivity contribution is 5.58. The molecule has 1 aromatic rings. The third kappa shape index (κ3) is 2.77. The number of benzene rings is 1. The van der Waals surface area contributed by atoms with Gasteiger partial charge in [0.15, 0.2) is 0 Å². The van der Waals surface area contributed by atoms with Gasteiger partial charge in [-0.05, 0) is 44.2 Å². The van der Waals surface area contributed by atoms with Crippen LogP contribution in [0.5, 0.6) is 0 Å². The average molecular weight is 243 g/mol. The van der Waals surface area contributed by atoms with Gasteiger partial charge >= 0.3 is 0 Å². The van der Waals surface area contributed by atoms with Gasteiger partial charge in [-0.3, -0.25) is 0 Å². The molecule has 1 nitrogen and oxygen atoms in total. The van der Waals surface area contributed by atoms with E-state index in [0.29, 0.717) is 0 Å². The third-order valence-electron chi connectivity index (χ3n) is 4.22. The number of rotatable bonds is 4. The fourth-order valence-electron chi connectivity index (χ4n) is 3.16. The van der Waals surface area contributed by atoms with Crippen LogP contribution in [0.2, 0.25) is 0 Å². The summed E-state index contributed by atoms with van der Waals surface area (Å²) in [5.74, 6) is 0. The van der Waals surface area contributed by atoms with Crippen molar-refractivity contribution in [2.45, 2.75) is 57.9 Å². The van der Waals surface area contributed by atoms with E-state index in [0.717, 1.165) is 6.42 Å². The van der Waals surface area contributed by atoms with Crippen molar-refractivity contribution in [1.82, 2.24) is 0 Å². The fourth-order valence-corrected chi connectivity index (χ4v) is 3.16. The monoisotopic (exact) mass is 243 g/mol. The molecule has 0 unspecified atom stereocenters. The quantitative estimate of drug-likeness (QED) is 0.734. The highest BCUT2D eigenvalue weighted by Crippen LogP contribution is 2.36. The smallest absolute Gasteiger partial charge is 0.0408 e. The van der Waals surface area contributed by atoms with Crippen LogP contribution >= 0.6 is 0 Å². The summed E-state index contributed by atoms with van der Waals surface area (Å²) in [6.45, 7) is 8.33. The number of nitrogens with one attached hydrogen (secondary N) is 1. The molecule has 0 aromatic heterocycles. The maximum Gasteiger partial charge on any atom is 0.0408 e. The predicted molar refractivity (Wildman–Crippen MR) is 80.2 cm³/mol. The van der Waals surface area contributed by atoms with E-state index in [9.17, 15) is 0 Å². The molecule has 1 aliphatic carbocycles. The molecule has 1 fully saturated rings. The largest absolute Gasteiger partial charge is 0.379 e. The predicted octanol–water partition coefficient (Wildman–Crippen LogP) is 4.99. The molecule has 0 amide bonds. The lowest BCUT2D eigenvalue weighted by Gasteiger charge is -2.39. The second-order valence-corrected chi connectivity index (χ2v) is 5.73. The van der Waals surface area contributed by atoms with Gasteiger partial charge in [0.25, 0.3) is 0 Å². The molecular formula is C17H25N.